The summed E-state index contributed by atoms with van der Waals surface area (Å²) in [6.07, 6.45) is 2.04. The number of aryl methyl sites for hydroxylation is 1. The number of hydrogen-bond acceptors (Lipinski definition) is 7. The number of nitrogens with zero attached hydrogens (tertiary/aromatic N) is 4. The standard InChI is InChI=1S/C13H19N5O2S/c1-3-5-11-15-9(8-21-11)7-18-10(6-14)12(16-17-18)13(19)20-4-2/h8H,3-7,14H2,1-2H3. The highest BCUT2D eigenvalue weighted by Crippen LogP contribution is 2.14. The van der Waals surface area contributed by atoms with Crippen LogP contribution >= 0.6 is 11.3 Å². The summed E-state index contributed by atoms with van der Waals surface area (Å²) in [7, 11) is 0. The van der Waals surface area contributed by atoms with Gasteiger partial charge < -0.3 is 10.5 Å². The van der Waals surface area contributed by atoms with Crippen LogP contribution in [-0.4, -0.2) is 32.6 Å². The number of esters is 1. The first-order valence-electron chi connectivity index (χ1n) is 6.92. The summed E-state index contributed by atoms with van der Waals surface area (Å²) in [5.41, 5.74) is 7.36. The summed E-state index contributed by atoms with van der Waals surface area (Å²) in [4.78, 5) is 16.3. The van der Waals surface area contributed by atoms with Crippen LogP contribution in [0, 0.1) is 0 Å². The molecule has 0 radical (unpaired) electrons. The number of nitrogens with two attached hydrogens (primary N) is 1. The van der Waals surface area contributed by atoms with E-state index in [0.29, 0.717) is 18.8 Å². The number of carbonyl (C=O) groups excluding carboxylic acids is 1. The predicted octanol–water partition coefficient (Wildman–Crippen LogP) is 1.37. The normalized spacial score (nSPS) is 10.8. The average molecular weight is 309 g/mol. The van der Waals surface area contributed by atoms with Gasteiger partial charge in [-0.05, 0) is 19.8 Å². The monoisotopic (exact) mass is 309 g/mol. The van der Waals surface area contributed by atoms with Crippen molar-refractivity contribution in [2.45, 2.75) is 39.8 Å². The molecule has 7 nitrogen and oxygen atoms in total. The number of thiazole rings is 1. The maximum absolute atomic E-state index is 11.8. The third-order valence-corrected chi connectivity index (χ3v) is 3.83. The molecule has 8 heteroatoms. The fourth-order valence-electron chi connectivity index (χ4n) is 1.92. The van der Waals surface area contributed by atoms with E-state index in [1.54, 1.807) is 22.9 Å². The SMILES string of the molecule is CCCc1nc(Cn2nnc(C(=O)OCC)c2CN)cs1. The summed E-state index contributed by atoms with van der Waals surface area (Å²) in [6, 6.07) is 0. The molecule has 0 aromatic carbocycles. The van der Waals surface area contributed by atoms with Crippen molar-refractivity contribution in [1.29, 1.82) is 0 Å². The molecule has 0 saturated heterocycles. The first-order valence-corrected chi connectivity index (χ1v) is 7.80. The third kappa shape index (κ3) is 3.64. The average Bonchev–Trinajstić information content (AvgIpc) is 3.07. The molecule has 0 atom stereocenters. The zero-order chi connectivity index (χ0) is 15.2. The number of rotatable bonds is 7. The summed E-state index contributed by atoms with van der Waals surface area (Å²) in [5, 5.41) is 11.0. The predicted molar refractivity (Wildman–Crippen MR) is 79.1 cm³/mol. The highest BCUT2D eigenvalue weighted by molar-refractivity contribution is 7.09. The molecule has 2 heterocycles. The number of ether oxygens (including phenoxy) is 1. The molecule has 0 unspecified atom stereocenters. The van der Waals surface area contributed by atoms with Gasteiger partial charge in [-0.1, -0.05) is 12.1 Å². The minimum Gasteiger partial charge on any atom is -0.461 e. The van der Waals surface area contributed by atoms with Gasteiger partial charge in [-0.3, -0.25) is 0 Å². The van der Waals surface area contributed by atoms with Gasteiger partial charge in [-0.15, -0.1) is 16.4 Å². The fraction of sp³-hybridized carbons (Fsp3) is 0.538. The van der Waals surface area contributed by atoms with E-state index in [0.717, 1.165) is 23.5 Å². The van der Waals surface area contributed by atoms with Gasteiger partial charge in [0.25, 0.3) is 0 Å². The Morgan fingerprint density at radius 3 is 2.95 bits per heavy atom. The van der Waals surface area contributed by atoms with E-state index in [4.69, 9.17) is 10.5 Å². The third-order valence-electron chi connectivity index (χ3n) is 2.87. The number of carbonyl (C=O) groups is 1. The lowest BCUT2D eigenvalue weighted by molar-refractivity contribution is 0.0518. The van der Waals surface area contributed by atoms with Gasteiger partial charge in [-0.25, -0.2) is 14.5 Å². The molecular weight excluding hydrogens is 290 g/mol. The Hall–Kier alpha value is -1.80. The zero-order valence-electron chi connectivity index (χ0n) is 12.2. The van der Waals surface area contributed by atoms with Crippen molar-refractivity contribution in [3.63, 3.8) is 0 Å². The van der Waals surface area contributed by atoms with Gasteiger partial charge >= 0.3 is 5.97 Å². The summed E-state index contributed by atoms with van der Waals surface area (Å²) in [6.45, 7) is 4.79. The minimum atomic E-state index is -0.492. The van der Waals surface area contributed by atoms with E-state index < -0.39 is 5.97 Å². The Kier molecular flexibility index (Phi) is 5.40. The molecule has 2 rings (SSSR count). The summed E-state index contributed by atoms with van der Waals surface area (Å²) >= 11 is 1.63. The van der Waals surface area contributed by atoms with Gasteiger partial charge in [0.05, 0.1) is 29.5 Å². The first-order chi connectivity index (χ1) is 10.2. The van der Waals surface area contributed by atoms with E-state index in [-0.39, 0.29) is 12.2 Å². The maximum atomic E-state index is 11.8. The molecule has 2 aromatic heterocycles. The molecule has 0 saturated carbocycles. The lowest BCUT2D eigenvalue weighted by atomic mass is 10.3. The van der Waals surface area contributed by atoms with Crippen LogP contribution in [0.2, 0.25) is 0 Å². The maximum Gasteiger partial charge on any atom is 0.360 e. The molecule has 0 aliphatic carbocycles. The van der Waals surface area contributed by atoms with Crippen molar-refractivity contribution in [1.82, 2.24) is 20.0 Å². The Labute approximate surface area is 127 Å². The van der Waals surface area contributed by atoms with E-state index in [2.05, 4.69) is 22.2 Å². The molecule has 0 aliphatic heterocycles. The first kappa shape index (κ1) is 15.6. The smallest absolute Gasteiger partial charge is 0.360 e. The molecule has 2 N–H and O–H groups in total. The largest absolute Gasteiger partial charge is 0.461 e. The highest BCUT2D eigenvalue weighted by atomic mass is 32.1. The number of aromatic nitrogens is 4. The van der Waals surface area contributed by atoms with Crippen LogP contribution < -0.4 is 5.73 Å². The fourth-order valence-corrected chi connectivity index (χ4v) is 2.81. The van der Waals surface area contributed by atoms with Crippen molar-refractivity contribution in [3.8, 4) is 0 Å². The topological polar surface area (TPSA) is 95.9 Å². The van der Waals surface area contributed by atoms with Gasteiger partial charge in [-0.2, -0.15) is 0 Å². The molecule has 0 spiro atoms. The second kappa shape index (κ2) is 7.28. The number of hydrogen-bond donors (Lipinski definition) is 1. The van der Waals surface area contributed by atoms with Gasteiger partial charge in [0.1, 0.15) is 0 Å². The second-order valence-electron chi connectivity index (χ2n) is 4.45. The van der Waals surface area contributed by atoms with Gasteiger partial charge in [0, 0.05) is 11.9 Å². The van der Waals surface area contributed by atoms with Crippen LogP contribution in [0.5, 0.6) is 0 Å². The van der Waals surface area contributed by atoms with Crippen molar-refractivity contribution in [2.24, 2.45) is 5.73 Å². The van der Waals surface area contributed by atoms with E-state index in [1.807, 2.05) is 5.38 Å². The van der Waals surface area contributed by atoms with Crippen molar-refractivity contribution in [2.75, 3.05) is 6.61 Å². The van der Waals surface area contributed by atoms with Crippen LogP contribution in [0.4, 0.5) is 0 Å². The molecule has 21 heavy (non-hydrogen) atoms. The van der Waals surface area contributed by atoms with Crippen LogP contribution in [0.25, 0.3) is 0 Å². The Balaban J connectivity index is 2.17. The van der Waals surface area contributed by atoms with E-state index >= 15 is 0 Å². The summed E-state index contributed by atoms with van der Waals surface area (Å²) in [5.74, 6) is -0.492. The molecule has 0 fully saturated rings. The van der Waals surface area contributed by atoms with Gasteiger partial charge in [0.15, 0.2) is 5.69 Å². The Morgan fingerprint density at radius 1 is 1.48 bits per heavy atom. The zero-order valence-corrected chi connectivity index (χ0v) is 13.0. The lowest BCUT2D eigenvalue weighted by Crippen LogP contribution is -2.15. The molecule has 0 aliphatic rings. The molecule has 0 amide bonds. The molecule has 2 aromatic rings. The van der Waals surface area contributed by atoms with Crippen molar-refractivity contribution >= 4 is 17.3 Å². The minimum absolute atomic E-state index is 0.174. The lowest BCUT2D eigenvalue weighted by Gasteiger charge is -2.04. The summed E-state index contributed by atoms with van der Waals surface area (Å²) < 4.78 is 6.55. The van der Waals surface area contributed by atoms with E-state index in [1.165, 1.54) is 0 Å². The second-order valence-corrected chi connectivity index (χ2v) is 5.39. The highest BCUT2D eigenvalue weighted by Gasteiger charge is 2.20. The van der Waals surface area contributed by atoms with Crippen LogP contribution in [0.1, 0.15) is 47.2 Å². The van der Waals surface area contributed by atoms with Gasteiger partial charge in [0.2, 0.25) is 0 Å². The quantitative estimate of drug-likeness (QED) is 0.776. The van der Waals surface area contributed by atoms with Crippen LogP contribution in [0.15, 0.2) is 5.38 Å². The Morgan fingerprint density at radius 2 is 2.29 bits per heavy atom. The molecular formula is C13H19N5O2S. The van der Waals surface area contributed by atoms with Crippen LogP contribution in [-0.2, 0) is 24.2 Å². The van der Waals surface area contributed by atoms with Crippen molar-refractivity contribution in [3.05, 3.63) is 27.5 Å². The Bertz CT molecular complexity index is 607. The molecule has 0 bridgehead atoms. The van der Waals surface area contributed by atoms with Crippen molar-refractivity contribution < 1.29 is 9.53 Å². The van der Waals surface area contributed by atoms with Crippen LogP contribution in [0.3, 0.4) is 0 Å². The molecule has 114 valence electrons. The van der Waals surface area contributed by atoms with E-state index in [9.17, 15) is 4.79 Å².